The van der Waals surface area contributed by atoms with Gasteiger partial charge in [0.25, 0.3) is 0 Å². The van der Waals surface area contributed by atoms with Crippen molar-refractivity contribution in [2.45, 2.75) is 38.5 Å². The molecule has 1 aromatic carbocycles. The zero-order chi connectivity index (χ0) is 13.8. The molecule has 0 N–H and O–H groups in total. The molecule has 0 heterocycles. The second kappa shape index (κ2) is 6.62. The first-order chi connectivity index (χ1) is 9.11. The van der Waals surface area contributed by atoms with E-state index in [-0.39, 0.29) is 5.78 Å². The van der Waals surface area contributed by atoms with Gasteiger partial charge in [-0.3, -0.25) is 4.79 Å². The Kier molecular flexibility index (Phi) is 5.12. The fraction of sp³-hybridized carbons (Fsp3) is 0.533. The Labute approximate surface area is 124 Å². The molecule has 0 spiro atoms. The SMILES string of the molecule is COc1cc(Cl)c(C(=O)CCC2CCCC2)cc1Cl. The van der Waals surface area contributed by atoms with Crippen molar-refractivity contribution in [2.75, 3.05) is 7.11 Å². The Morgan fingerprint density at radius 2 is 1.95 bits per heavy atom. The van der Waals surface area contributed by atoms with Crippen molar-refractivity contribution in [2.24, 2.45) is 5.92 Å². The molecule has 0 amide bonds. The second-order valence-electron chi connectivity index (χ2n) is 5.08. The lowest BCUT2D eigenvalue weighted by Gasteiger charge is -2.10. The molecule has 0 aromatic heterocycles. The van der Waals surface area contributed by atoms with Gasteiger partial charge in [0.05, 0.1) is 17.2 Å². The smallest absolute Gasteiger partial charge is 0.164 e. The average molecular weight is 301 g/mol. The van der Waals surface area contributed by atoms with E-state index in [4.69, 9.17) is 27.9 Å². The summed E-state index contributed by atoms with van der Waals surface area (Å²) in [5, 5.41) is 0.841. The molecule has 0 atom stereocenters. The van der Waals surface area contributed by atoms with Gasteiger partial charge in [0.1, 0.15) is 5.75 Å². The Morgan fingerprint density at radius 3 is 2.58 bits per heavy atom. The van der Waals surface area contributed by atoms with Crippen LogP contribution in [-0.4, -0.2) is 12.9 Å². The maximum Gasteiger partial charge on any atom is 0.164 e. The van der Waals surface area contributed by atoms with Gasteiger partial charge >= 0.3 is 0 Å². The van der Waals surface area contributed by atoms with Crippen LogP contribution in [0.5, 0.6) is 5.75 Å². The summed E-state index contributed by atoms with van der Waals surface area (Å²) < 4.78 is 5.07. The van der Waals surface area contributed by atoms with Crippen molar-refractivity contribution < 1.29 is 9.53 Å². The number of ether oxygens (including phenoxy) is 1. The number of carbonyl (C=O) groups is 1. The van der Waals surface area contributed by atoms with Gasteiger partial charge < -0.3 is 4.74 Å². The van der Waals surface area contributed by atoms with Crippen molar-refractivity contribution in [3.63, 3.8) is 0 Å². The molecule has 104 valence electrons. The first kappa shape index (κ1) is 14.7. The van der Waals surface area contributed by atoms with Crippen molar-refractivity contribution in [1.82, 2.24) is 0 Å². The number of halogens is 2. The van der Waals surface area contributed by atoms with E-state index < -0.39 is 0 Å². The third-order valence-electron chi connectivity index (χ3n) is 3.80. The van der Waals surface area contributed by atoms with Crippen LogP contribution in [0.15, 0.2) is 12.1 Å². The molecule has 1 saturated carbocycles. The minimum Gasteiger partial charge on any atom is -0.495 e. The van der Waals surface area contributed by atoms with Crippen LogP contribution in [0.1, 0.15) is 48.9 Å². The summed E-state index contributed by atoms with van der Waals surface area (Å²) in [6.07, 6.45) is 6.61. The Hall–Kier alpha value is -0.730. The molecule has 4 heteroatoms. The highest BCUT2D eigenvalue weighted by atomic mass is 35.5. The number of benzene rings is 1. The van der Waals surface area contributed by atoms with Crippen molar-refractivity contribution in [3.8, 4) is 5.75 Å². The van der Waals surface area contributed by atoms with Crippen LogP contribution < -0.4 is 4.74 Å². The van der Waals surface area contributed by atoms with Crippen LogP contribution >= 0.6 is 23.2 Å². The quantitative estimate of drug-likeness (QED) is 0.703. The molecular formula is C15H18Cl2O2. The number of hydrogen-bond acceptors (Lipinski definition) is 2. The molecule has 1 aliphatic rings. The summed E-state index contributed by atoms with van der Waals surface area (Å²) in [5.74, 6) is 1.27. The van der Waals surface area contributed by atoms with Crippen LogP contribution in [0.4, 0.5) is 0 Å². The van der Waals surface area contributed by atoms with E-state index in [1.807, 2.05) is 0 Å². The molecule has 1 aliphatic carbocycles. The average Bonchev–Trinajstić information content (AvgIpc) is 2.91. The number of rotatable bonds is 5. The normalized spacial score (nSPS) is 15.7. The summed E-state index contributed by atoms with van der Waals surface area (Å²) in [6.45, 7) is 0. The van der Waals surface area contributed by atoms with Crippen LogP contribution in [0.2, 0.25) is 10.0 Å². The van der Waals surface area contributed by atoms with Crippen molar-refractivity contribution in [1.29, 1.82) is 0 Å². The Balaban J connectivity index is 2.03. The largest absolute Gasteiger partial charge is 0.495 e. The van der Waals surface area contributed by atoms with Crippen molar-refractivity contribution >= 4 is 29.0 Å². The number of Topliss-reactive ketones (excluding diaryl/α,β-unsaturated/α-hetero) is 1. The highest BCUT2D eigenvalue weighted by molar-refractivity contribution is 6.36. The number of ketones is 1. The van der Waals surface area contributed by atoms with E-state index in [9.17, 15) is 4.79 Å². The summed E-state index contributed by atoms with van der Waals surface area (Å²) >= 11 is 12.1. The molecule has 0 unspecified atom stereocenters. The van der Waals surface area contributed by atoms with Crippen LogP contribution in [0.3, 0.4) is 0 Å². The lowest BCUT2D eigenvalue weighted by Crippen LogP contribution is -2.04. The second-order valence-corrected chi connectivity index (χ2v) is 5.89. The van der Waals surface area contributed by atoms with Gasteiger partial charge in [0.15, 0.2) is 5.78 Å². The minimum absolute atomic E-state index is 0.0708. The van der Waals surface area contributed by atoms with E-state index in [0.29, 0.717) is 33.7 Å². The summed E-state index contributed by atoms with van der Waals surface area (Å²) in [4.78, 5) is 12.2. The van der Waals surface area contributed by atoms with E-state index in [1.165, 1.54) is 32.8 Å². The standard InChI is InChI=1S/C15H18Cl2O2/c1-19-15-9-12(16)11(8-13(15)17)14(18)7-6-10-4-2-3-5-10/h8-10H,2-7H2,1H3. The van der Waals surface area contributed by atoms with Gasteiger partial charge in [-0.05, 0) is 18.4 Å². The predicted molar refractivity (Wildman–Crippen MR) is 78.5 cm³/mol. The zero-order valence-corrected chi connectivity index (χ0v) is 12.6. The number of carbonyl (C=O) groups excluding carboxylic acids is 1. The van der Waals surface area contributed by atoms with Crippen LogP contribution in [0.25, 0.3) is 0 Å². The maximum absolute atomic E-state index is 12.2. The Morgan fingerprint density at radius 1 is 1.26 bits per heavy atom. The van der Waals surface area contributed by atoms with E-state index in [2.05, 4.69) is 0 Å². The summed E-state index contributed by atoms with van der Waals surface area (Å²) in [6, 6.07) is 3.21. The van der Waals surface area contributed by atoms with Crippen molar-refractivity contribution in [3.05, 3.63) is 27.7 Å². The van der Waals surface area contributed by atoms with Crippen LogP contribution in [-0.2, 0) is 0 Å². The third kappa shape index (κ3) is 3.64. The monoisotopic (exact) mass is 300 g/mol. The summed E-state index contributed by atoms with van der Waals surface area (Å²) in [7, 11) is 1.53. The van der Waals surface area contributed by atoms with E-state index >= 15 is 0 Å². The van der Waals surface area contributed by atoms with Gasteiger partial charge in [-0.1, -0.05) is 48.9 Å². The maximum atomic E-state index is 12.2. The molecule has 1 fully saturated rings. The minimum atomic E-state index is 0.0708. The number of methoxy groups -OCH3 is 1. The van der Waals surface area contributed by atoms with Gasteiger partial charge in [0.2, 0.25) is 0 Å². The fourth-order valence-corrected chi connectivity index (χ4v) is 3.17. The molecule has 0 saturated heterocycles. The molecule has 0 bridgehead atoms. The summed E-state index contributed by atoms with van der Waals surface area (Å²) in [5.41, 5.74) is 0.505. The van der Waals surface area contributed by atoms with Crippen LogP contribution in [0, 0.1) is 5.92 Å². The van der Waals surface area contributed by atoms with E-state index in [1.54, 1.807) is 12.1 Å². The first-order valence-corrected chi connectivity index (χ1v) is 7.43. The molecule has 0 radical (unpaired) electrons. The molecule has 0 aliphatic heterocycles. The molecule has 2 nitrogen and oxygen atoms in total. The van der Waals surface area contributed by atoms with Gasteiger partial charge in [-0.2, -0.15) is 0 Å². The highest BCUT2D eigenvalue weighted by Crippen LogP contribution is 2.33. The van der Waals surface area contributed by atoms with Gasteiger partial charge in [-0.15, -0.1) is 0 Å². The van der Waals surface area contributed by atoms with Gasteiger partial charge in [0, 0.05) is 18.1 Å². The molecule has 19 heavy (non-hydrogen) atoms. The van der Waals surface area contributed by atoms with E-state index in [0.717, 1.165) is 6.42 Å². The Bertz CT molecular complexity index is 465. The topological polar surface area (TPSA) is 26.3 Å². The molecule has 2 rings (SSSR count). The lowest BCUT2D eigenvalue weighted by molar-refractivity contribution is 0.0974. The van der Waals surface area contributed by atoms with Gasteiger partial charge in [-0.25, -0.2) is 0 Å². The lowest BCUT2D eigenvalue weighted by atomic mass is 9.97. The fourth-order valence-electron chi connectivity index (χ4n) is 2.67. The third-order valence-corrected chi connectivity index (χ3v) is 4.40. The predicted octanol–water partition coefficient (Wildman–Crippen LogP) is 5.16. The first-order valence-electron chi connectivity index (χ1n) is 6.68. The molecule has 1 aromatic rings. The zero-order valence-electron chi connectivity index (χ0n) is 11.0. The highest BCUT2D eigenvalue weighted by Gasteiger charge is 2.19. The molecular weight excluding hydrogens is 283 g/mol. The number of hydrogen-bond donors (Lipinski definition) is 0.